The van der Waals surface area contributed by atoms with Gasteiger partial charge in [0.05, 0.1) is 39.9 Å². The highest BCUT2D eigenvalue weighted by Crippen LogP contribution is 2.43. The van der Waals surface area contributed by atoms with E-state index in [4.69, 9.17) is 26.4 Å². The molecule has 0 aliphatic carbocycles. The minimum Gasteiger partial charge on any atom is -0.493 e. The van der Waals surface area contributed by atoms with Crippen molar-refractivity contribution in [3.8, 4) is 17.0 Å². The summed E-state index contributed by atoms with van der Waals surface area (Å²) in [5.74, 6) is 4.23. The van der Waals surface area contributed by atoms with Crippen LogP contribution in [0.3, 0.4) is 0 Å². The van der Waals surface area contributed by atoms with Gasteiger partial charge in [0.25, 0.3) is 0 Å². The van der Waals surface area contributed by atoms with Gasteiger partial charge < -0.3 is 24.1 Å². The molecule has 8 nitrogen and oxygen atoms in total. The van der Waals surface area contributed by atoms with Crippen molar-refractivity contribution in [1.29, 1.82) is 0 Å². The Morgan fingerprint density at radius 1 is 0.938 bits per heavy atom. The van der Waals surface area contributed by atoms with E-state index in [0.717, 1.165) is 104 Å². The topological polar surface area (TPSA) is 90.3 Å². The molecule has 3 aromatic carbocycles. The Morgan fingerprint density at radius 2 is 1.81 bits per heavy atom. The molecule has 0 amide bonds. The van der Waals surface area contributed by atoms with Gasteiger partial charge in [-0.2, -0.15) is 5.10 Å². The first-order valence-corrected chi connectivity index (χ1v) is 19.0. The van der Waals surface area contributed by atoms with Gasteiger partial charge in [0.2, 0.25) is 0 Å². The average molecular weight is 700 g/mol. The number of imidazole rings is 1. The molecule has 0 saturated carbocycles. The van der Waals surface area contributed by atoms with Crippen LogP contribution in [0.25, 0.3) is 32.9 Å². The van der Waals surface area contributed by atoms with Crippen molar-refractivity contribution in [1.82, 2.24) is 23.9 Å². The monoisotopic (exact) mass is 699 g/mol. The van der Waals surface area contributed by atoms with Gasteiger partial charge >= 0.3 is 0 Å². The number of aliphatic hydroxyl groups is 2. The van der Waals surface area contributed by atoms with Crippen LogP contribution in [0.4, 0.5) is 0 Å². The lowest BCUT2D eigenvalue weighted by molar-refractivity contribution is -0.0481. The van der Waals surface area contributed by atoms with Crippen molar-refractivity contribution in [2.24, 2.45) is 14.1 Å². The van der Waals surface area contributed by atoms with E-state index < -0.39 is 6.29 Å². The van der Waals surface area contributed by atoms with Crippen LogP contribution in [-0.2, 0) is 50.7 Å². The van der Waals surface area contributed by atoms with Crippen molar-refractivity contribution in [3.63, 3.8) is 0 Å². The zero-order valence-electron chi connectivity index (χ0n) is 27.1. The third kappa shape index (κ3) is 5.71. The van der Waals surface area contributed by atoms with Crippen LogP contribution < -0.4 is 4.74 Å². The largest absolute Gasteiger partial charge is 0.493 e. The minimum absolute atomic E-state index is 0.485. The fourth-order valence-corrected chi connectivity index (χ4v) is 9.50. The molecule has 2 aliphatic heterocycles. The van der Waals surface area contributed by atoms with E-state index in [-0.39, 0.29) is 0 Å². The Morgan fingerprint density at radius 3 is 2.69 bits per heavy atom. The van der Waals surface area contributed by atoms with Crippen molar-refractivity contribution in [3.05, 3.63) is 93.8 Å². The molecule has 0 spiro atoms. The van der Waals surface area contributed by atoms with Gasteiger partial charge in [-0.15, -0.1) is 23.5 Å². The van der Waals surface area contributed by atoms with Crippen LogP contribution in [0.2, 0.25) is 5.02 Å². The van der Waals surface area contributed by atoms with Gasteiger partial charge in [0.1, 0.15) is 11.6 Å². The summed E-state index contributed by atoms with van der Waals surface area (Å²) < 4.78 is 12.8. The van der Waals surface area contributed by atoms with E-state index in [1.807, 2.05) is 53.3 Å². The summed E-state index contributed by atoms with van der Waals surface area (Å²) in [7, 11) is 3.93. The van der Waals surface area contributed by atoms with Gasteiger partial charge in [-0.05, 0) is 60.9 Å². The maximum Gasteiger partial charge on any atom is 0.194 e. The Balaban J connectivity index is 1.26. The lowest BCUT2D eigenvalue weighted by Crippen LogP contribution is -2.12. The molecule has 6 aromatic rings. The van der Waals surface area contributed by atoms with Crippen molar-refractivity contribution in [2.45, 2.75) is 67.1 Å². The molecule has 2 aliphatic rings. The van der Waals surface area contributed by atoms with Gasteiger partial charge in [-0.3, -0.25) is 4.68 Å². The third-order valence-corrected chi connectivity index (χ3v) is 11.9. The normalized spacial score (nSPS) is 15.8. The fraction of sp³-hybridized carbons (Fsp3) is 0.351. The summed E-state index contributed by atoms with van der Waals surface area (Å²) in [5, 5.41) is 30.1. The van der Waals surface area contributed by atoms with Crippen molar-refractivity contribution < 1.29 is 14.9 Å². The number of ether oxygens (including phenoxy) is 1. The summed E-state index contributed by atoms with van der Waals surface area (Å²) in [5.41, 5.74) is 7.47. The van der Waals surface area contributed by atoms with Crippen LogP contribution in [0.5, 0.6) is 5.75 Å². The van der Waals surface area contributed by atoms with Crippen LogP contribution in [0.15, 0.2) is 59.5 Å². The molecular weight excluding hydrogens is 662 g/mol. The summed E-state index contributed by atoms with van der Waals surface area (Å²) >= 11 is 10.7. The van der Waals surface area contributed by atoms with Crippen molar-refractivity contribution >= 4 is 56.8 Å². The summed E-state index contributed by atoms with van der Waals surface area (Å²) in [4.78, 5) is 6.34. The number of fused-ring (bicyclic) bond motifs is 10. The number of aliphatic hydroxyl groups excluding tert-OH is 1. The quantitative estimate of drug-likeness (QED) is 0.168. The fourth-order valence-electron chi connectivity index (χ4n) is 7.42. The van der Waals surface area contributed by atoms with Gasteiger partial charge in [0, 0.05) is 71.2 Å². The molecular formula is C37H38ClN5O3S2. The second kappa shape index (κ2) is 13.1. The number of benzene rings is 3. The number of aromatic nitrogens is 5. The van der Waals surface area contributed by atoms with Crippen LogP contribution in [0, 0.1) is 0 Å². The molecule has 8 rings (SSSR count). The Hall–Kier alpha value is -3.41. The molecule has 0 fully saturated rings. The van der Waals surface area contributed by atoms with E-state index in [1.54, 1.807) is 11.8 Å². The zero-order chi connectivity index (χ0) is 32.9. The van der Waals surface area contributed by atoms with Crippen molar-refractivity contribution in [2.75, 3.05) is 6.61 Å². The summed E-state index contributed by atoms with van der Waals surface area (Å²) in [6.07, 6.45) is 2.82. The van der Waals surface area contributed by atoms with Crippen LogP contribution in [0.1, 0.15) is 59.7 Å². The predicted octanol–water partition coefficient (Wildman–Crippen LogP) is 7.95. The molecule has 3 aromatic heterocycles. The molecule has 0 atom stereocenters. The summed E-state index contributed by atoms with van der Waals surface area (Å²) in [6.45, 7) is 1.37. The minimum atomic E-state index is -1.63. The molecule has 0 radical (unpaired) electrons. The standard InChI is InChI=1S/C37H38ClN5O3S2/c1-41-34-28-12-13-29(38)33(34)36-30(39-32-11-5-6-14-43(32)36)21-47-19-23-17-24(42(2)40-23)20-48-25-16-22-8-3-4-9-26(22)31(18-25)46-15-7-10-27(28)35(41)37(44)45/h3-4,8-9,12-13,16-18,37,44-45H,5-7,10-11,14-15,19-21H2,1-2H3. The second-order valence-corrected chi connectivity index (χ2v) is 15.1. The number of hydrogen-bond donors (Lipinski definition) is 2. The number of halogens is 1. The van der Waals surface area contributed by atoms with Crippen LogP contribution in [-0.4, -0.2) is 40.7 Å². The molecule has 11 heteroatoms. The smallest absolute Gasteiger partial charge is 0.194 e. The van der Waals surface area contributed by atoms with Gasteiger partial charge in [-0.1, -0.05) is 41.9 Å². The predicted molar refractivity (Wildman–Crippen MR) is 195 cm³/mol. The number of rotatable bonds is 1. The van der Waals surface area contributed by atoms with E-state index in [1.165, 1.54) is 5.69 Å². The van der Waals surface area contributed by atoms with Crippen LogP contribution >= 0.6 is 35.1 Å². The first kappa shape index (κ1) is 31.8. The summed E-state index contributed by atoms with van der Waals surface area (Å²) in [6, 6.07) is 18.9. The number of nitrogens with zero attached hydrogens (tertiary/aromatic N) is 5. The third-order valence-electron chi connectivity index (χ3n) is 9.62. The number of hydrogen-bond acceptors (Lipinski definition) is 7. The van der Waals surface area contributed by atoms with E-state index >= 15 is 0 Å². The highest BCUT2D eigenvalue weighted by Gasteiger charge is 2.29. The lowest BCUT2D eigenvalue weighted by atomic mass is 10.0. The molecule has 0 saturated heterocycles. The van der Waals surface area contributed by atoms with Gasteiger partial charge in [0.15, 0.2) is 6.29 Å². The molecule has 0 unspecified atom stereocenters. The molecule has 48 heavy (non-hydrogen) atoms. The number of aryl methyl sites for hydroxylation is 4. The second-order valence-electron chi connectivity index (χ2n) is 12.7. The molecule has 8 bridgehead atoms. The highest BCUT2D eigenvalue weighted by atomic mass is 35.5. The zero-order valence-corrected chi connectivity index (χ0v) is 29.5. The lowest BCUT2D eigenvalue weighted by Gasteiger charge is -2.19. The number of thioether (sulfide) groups is 2. The van der Waals surface area contributed by atoms with E-state index in [9.17, 15) is 10.2 Å². The molecule has 248 valence electrons. The first-order chi connectivity index (χ1) is 23.4. The first-order valence-electron chi connectivity index (χ1n) is 16.5. The average Bonchev–Trinajstić information content (AvgIpc) is 3.72. The highest BCUT2D eigenvalue weighted by molar-refractivity contribution is 7.98. The maximum atomic E-state index is 10.7. The molecule has 5 heterocycles. The Bertz CT molecular complexity index is 2170. The van der Waals surface area contributed by atoms with E-state index in [0.29, 0.717) is 35.9 Å². The van der Waals surface area contributed by atoms with E-state index in [2.05, 4.69) is 41.0 Å². The molecule has 2 N–H and O–H groups in total. The Kier molecular flexibility index (Phi) is 8.71. The Labute approximate surface area is 293 Å². The SMILES string of the molecule is Cn1nc2cc1CSc1cc(c3ccccc3c1)OCCCc1c(C(O)O)n(C)c3c(c(Cl)ccc13)-c1c(nc3n1CCCC3)CSC2. The maximum absolute atomic E-state index is 10.7. The van der Waals surface area contributed by atoms with Gasteiger partial charge in [-0.25, -0.2) is 4.98 Å².